The second kappa shape index (κ2) is 9.93. The molecule has 0 spiro atoms. The van der Waals surface area contributed by atoms with Gasteiger partial charge in [0.2, 0.25) is 0 Å². The van der Waals surface area contributed by atoms with Gasteiger partial charge < -0.3 is 14.8 Å². The molecule has 0 radical (unpaired) electrons. The molecule has 0 aliphatic carbocycles. The van der Waals surface area contributed by atoms with Crippen molar-refractivity contribution in [3.05, 3.63) is 77.3 Å². The lowest BCUT2D eigenvalue weighted by atomic mass is 10.2. The maximum atomic E-state index is 13.1. The zero-order valence-electron chi connectivity index (χ0n) is 17.8. The van der Waals surface area contributed by atoms with Crippen molar-refractivity contribution in [2.45, 2.75) is 11.8 Å². The van der Waals surface area contributed by atoms with Crippen molar-refractivity contribution in [3.8, 4) is 11.5 Å². The molecule has 168 valence electrons. The molecular formula is C23H23ClN2O5S. The zero-order valence-corrected chi connectivity index (χ0v) is 19.4. The highest BCUT2D eigenvalue weighted by molar-refractivity contribution is 7.92. The third-order valence-corrected chi connectivity index (χ3v) is 6.66. The molecule has 1 amide bonds. The van der Waals surface area contributed by atoms with Gasteiger partial charge in [0.15, 0.2) is 11.5 Å². The number of rotatable bonds is 8. The normalized spacial score (nSPS) is 11.0. The third kappa shape index (κ3) is 5.15. The van der Waals surface area contributed by atoms with Crippen LogP contribution in [-0.4, -0.2) is 35.1 Å². The average Bonchev–Trinajstić information content (AvgIpc) is 2.79. The minimum Gasteiger partial charge on any atom is -0.493 e. The predicted molar refractivity (Wildman–Crippen MR) is 126 cm³/mol. The maximum Gasteiger partial charge on any atom is 0.264 e. The number of ether oxygens (including phenoxy) is 2. The van der Waals surface area contributed by atoms with Gasteiger partial charge in [-0.3, -0.25) is 9.10 Å². The molecule has 3 rings (SSSR count). The molecule has 3 aromatic carbocycles. The second-order valence-electron chi connectivity index (χ2n) is 6.73. The molecule has 0 heterocycles. The monoisotopic (exact) mass is 474 g/mol. The Hall–Kier alpha value is -3.23. The van der Waals surface area contributed by atoms with E-state index in [1.165, 1.54) is 32.4 Å². The first kappa shape index (κ1) is 23.4. The van der Waals surface area contributed by atoms with Crippen LogP contribution < -0.4 is 19.1 Å². The standard InChI is InChI=1S/C23H23ClN2O5S/c1-4-31-21-12-11-18(15-22(21)30-3)25-23(27)16-7-5-10-20(13-16)32(28,29)26(2)19-9-6-8-17(24)14-19/h5-15H,4H2,1-3H3,(H,25,27). The Morgan fingerprint density at radius 1 is 1.03 bits per heavy atom. The quantitative estimate of drug-likeness (QED) is 0.505. The van der Waals surface area contributed by atoms with E-state index in [9.17, 15) is 13.2 Å². The molecule has 0 saturated heterocycles. The molecule has 0 aromatic heterocycles. The van der Waals surface area contributed by atoms with Gasteiger partial charge in [0.05, 0.1) is 24.3 Å². The van der Waals surface area contributed by atoms with Crippen LogP contribution in [0, 0.1) is 0 Å². The van der Waals surface area contributed by atoms with Gasteiger partial charge in [0, 0.05) is 29.4 Å². The minimum atomic E-state index is -3.90. The summed E-state index contributed by atoms with van der Waals surface area (Å²) in [6.45, 7) is 2.34. The molecule has 7 nitrogen and oxygen atoms in total. The molecule has 0 saturated carbocycles. The fraction of sp³-hybridized carbons (Fsp3) is 0.174. The zero-order chi connectivity index (χ0) is 23.3. The number of carbonyl (C=O) groups excluding carboxylic acids is 1. The van der Waals surface area contributed by atoms with Crippen LogP contribution in [0.5, 0.6) is 11.5 Å². The molecule has 3 aromatic rings. The number of nitrogens with one attached hydrogen (secondary N) is 1. The highest BCUT2D eigenvalue weighted by Gasteiger charge is 2.23. The number of carbonyl (C=O) groups is 1. The van der Waals surface area contributed by atoms with Crippen molar-refractivity contribution in [2.24, 2.45) is 0 Å². The molecule has 0 aliphatic rings. The minimum absolute atomic E-state index is 0.0168. The predicted octanol–water partition coefficient (Wildman–Crippen LogP) is 4.82. The summed E-state index contributed by atoms with van der Waals surface area (Å²) in [5, 5.41) is 3.17. The van der Waals surface area contributed by atoms with E-state index in [1.54, 1.807) is 48.5 Å². The lowest BCUT2D eigenvalue weighted by Gasteiger charge is -2.20. The van der Waals surface area contributed by atoms with Crippen molar-refractivity contribution in [1.29, 1.82) is 0 Å². The highest BCUT2D eigenvalue weighted by atomic mass is 35.5. The number of hydrogen-bond acceptors (Lipinski definition) is 5. The van der Waals surface area contributed by atoms with Crippen LogP contribution in [0.15, 0.2) is 71.6 Å². The van der Waals surface area contributed by atoms with E-state index in [0.29, 0.717) is 34.5 Å². The summed E-state index contributed by atoms with van der Waals surface area (Å²) in [6, 6.07) is 17.4. The van der Waals surface area contributed by atoms with Crippen molar-refractivity contribution >= 4 is 38.9 Å². The van der Waals surface area contributed by atoms with Gasteiger partial charge in [-0.05, 0) is 55.5 Å². The van der Waals surface area contributed by atoms with Gasteiger partial charge in [0.1, 0.15) is 0 Å². The van der Waals surface area contributed by atoms with E-state index in [2.05, 4.69) is 5.32 Å². The molecule has 1 N–H and O–H groups in total. The van der Waals surface area contributed by atoms with Gasteiger partial charge in [-0.1, -0.05) is 23.7 Å². The Bertz CT molecular complexity index is 1230. The molecule has 0 atom stereocenters. The van der Waals surface area contributed by atoms with Crippen LogP contribution >= 0.6 is 11.6 Å². The van der Waals surface area contributed by atoms with E-state index in [1.807, 2.05) is 6.92 Å². The molecule has 0 bridgehead atoms. The first-order valence-electron chi connectivity index (χ1n) is 9.73. The fourth-order valence-corrected chi connectivity index (χ4v) is 4.41. The number of amides is 1. The number of methoxy groups -OCH3 is 1. The Morgan fingerprint density at radius 3 is 2.47 bits per heavy atom. The van der Waals surface area contributed by atoms with Crippen molar-refractivity contribution in [3.63, 3.8) is 0 Å². The van der Waals surface area contributed by atoms with Gasteiger partial charge in [-0.2, -0.15) is 0 Å². The molecule has 9 heteroatoms. The summed E-state index contributed by atoms with van der Waals surface area (Å²) in [5.41, 5.74) is 1.09. The van der Waals surface area contributed by atoms with E-state index < -0.39 is 15.9 Å². The van der Waals surface area contributed by atoms with Crippen LogP contribution in [0.4, 0.5) is 11.4 Å². The smallest absolute Gasteiger partial charge is 0.264 e. The lowest BCUT2D eigenvalue weighted by molar-refractivity contribution is 0.102. The van der Waals surface area contributed by atoms with Crippen LogP contribution in [-0.2, 0) is 10.0 Å². The lowest BCUT2D eigenvalue weighted by Crippen LogP contribution is -2.26. The summed E-state index contributed by atoms with van der Waals surface area (Å²) in [6.07, 6.45) is 0. The molecule has 0 fully saturated rings. The Labute approximate surface area is 192 Å². The summed E-state index contributed by atoms with van der Waals surface area (Å²) in [5.74, 6) is 0.577. The largest absolute Gasteiger partial charge is 0.493 e. The molecule has 0 unspecified atom stereocenters. The maximum absolute atomic E-state index is 13.1. The number of nitrogens with zero attached hydrogens (tertiary/aromatic N) is 1. The van der Waals surface area contributed by atoms with Crippen molar-refractivity contribution in [2.75, 3.05) is 30.4 Å². The number of sulfonamides is 1. The number of anilines is 2. The van der Waals surface area contributed by atoms with E-state index in [4.69, 9.17) is 21.1 Å². The number of halogens is 1. The highest BCUT2D eigenvalue weighted by Crippen LogP contribution is 2.30. The summed E-state index contributed by atoms with van der Waals surface area (Å²) < 4.78 is 38.0. The van der Waals surface area contributed by atoms with Crippen LogP contribution in [0.1, 0.15) is 17.3 Å². The first-order valence-corrected chi connectivity index (χ1v) is 11.5. The van der Waals surface area contributed by atoms with Crippen molar-refractivity contribution in [1.82, 2.24) is 0 Å². The van der Waals surface area contributed by atoms with Gasteiger partial charge >= 0.3 is 0 Å². The first-order chi connectivity index (χ1) is 15.3. The summed E-state index contributed by atoms with van der Waals surface area (Å²) in [7, 11) is -0.963. The Kier molecular flexibility index (Phi) is 7.27. The van der Waals surface area contributed by atoms with Crippen molar-refractivity contribution < 1.29 is 22.7 Å². The topological polar surface area (TPSA) is 84.9 Å². The Balaban J connectivity index is 1.84. The van der Waals surface area contributed by atoms with E-state index in [0.717, 1.165) is 4.31 Å². The summed E-state index contributed by atoms with van der Waals surface area (Å²) in [4.78, 5) is 12.8. The van der Waals surface area contributed by atoms with Crippen LogP contribution in [0.25, 0.3) is 0 Å². The van der Waals surface area contributed by atoms with Gasteiger partial charge in [-0.15, -0.1) is 0 Å². The Morgan fingerprint density at radius 2 is 1.78 bits per heavy atom. The molecular weight excluding hydrogens is 452 g/mol. The third-order valence-electron chi connectivity index (χ3n) is 4.65. The molecule has 0 aliphatic heterocycles. The van der Waals surface area contributed by atoms with Gasteiger partial charge in [-0.25, -0.2) is 8.42 Å². The van der Waals surface area contributed by atoms with Crippen LogP contribution in [0.2, 0.25) is 5.02 Å². The van der Waals surface area contributed by atoms with E-state index in [-0.39, 0.29) is 10.5 Å². The van der Waals surface area contributed by atoms with Gasteiger partial charge in [0.25, 0.3) is 15.9 Å². The average molecular weight is 475 g/mol. The second-order valence-corrected chi connectivity index (χ2v) is 9.14. The SMILES string of the molecule is CCOc1ccc(NC(=O)c2cccc(S(=O)(=O)N(C)c3cccc(Cl)c3)c2)cc1OC. The number of hydrogen-bond donors (Lipinski definition) is 1. The summed E-state index contributed by atoms with van der Waals surface area (Å²) >= 11 is 5.99. The fourth-order valence-electron chi connectivity index (χ4n) is 2.99. The van der Waals surface area contributed by atoms with E-state index >= 15 is 0 Å². The molecule has 32 heavy (non-hydrogen) atoms. The number of benzene rings is 3. The van der Waals surface area contributed by atoms with Crippen LogP contribution in [0.3, 0.4) is 0 Å².